The number of carboxylic acids is 1. The van der Waals surface area contributed by atoms with E-state index in [0.717, 1.165) is 22.2 Å². The van der Waals surface area contributed by atoms with Crippen LogP contribution in [0.3, 0.4) is 0 Å². The molecule has 0 aliphatic carbocycles. The van der Waals surface area contributed by atoms with Crippen LogP contribution in [0.4, 0.5) is 4.79 Å². The molecule has 0 saturated carbocycles. The molecule has 2 aliphatic rings. The van der Waals surface area contributed by atoms with Crippen LogP contribution < -0.4 is 5.32 Å². The van der Waals surface area contributed by atoms with E-state index in [4.69, 9.17) is 0 Å². The van der Waals surface area contributed by atoms with Crippen molar-refractivity contribution in [1.29, 1.82) is 0 Å². The molecule has 3 unspecified atom stereocenters. The predicted molar refractivity (Wildman–Crippen MR) is 78.6 cm³/mol. The first kappa shape index (κ1) is 13.9. The van der Waals surface area contributed by atoms with Crippen LogP contribution in [0.2, 0.25) is 0 Å². The summed E-state index contributed by atoms with van der Waals surface area (Å²) in [6, 6.07) is 1.80. The molecule has 0 aromatic carbocycles. The fourth-order valence-corrected chi connectivity index (χ4v) is 4.66. The van der Waals surface area contributed by atoms with Crippen LogP contribution in [0.15, 0.2) is 15.9 Å². The van der Waals surface area contributed by atoms with E-state index in [0.29, 0.717) is 13.0 Å². The minimum Gasteiger partial charge on any atom is -0.481 e. The minimum atomic E-state index is -0.780. The Hall–Kier alpha value is -1.08. The van der Waals surface area contributed by atoms with E-state index in [-0.39, 0.29) is 18.1 Å². The summed E-state index contributed by atoms with van der Waals surface area (Å²) in [7, 11) is 0. The van der Waals surface area contributed by atoms with E-state index >= 15 is 0 Å². The van der Waals surface area contributed by atoms with Crippen molar-refractivity contribution in [3.8, 4) is 0 Å². The second-order valence-electron chi connectivity index (χ2n) is 5.28. The van der Waals surface area contributed by atoms with Crippen LogP contribution in [-0.2, 0) is 11.3 Å². The third-order valence-corrected chi connectivity index (χ3v) is 5.82. The molecule has 7 heteroatoms. The molecule has 1 aromatic heterocycles. The number of nitrogens with zero attached hydrogens (tertiary/aromatic N) is 1. The second kappa shape index (κ2) is 5.37. The average molecular weight is 359 g/mol. The maximum Gasteiger partial charge on any atom is 0.318 e. The minimum absolute atomic E-state index is 0.0937. The zero-order valence-electron chi connectivity index (χ0n) is 10.7. The summed E-state index contributed by atoms with van der Waals surface area (Å²) >= 11 is 4.96. The Morgan fingerprint density at radius 2 is 2.30 bits per heavy atom. The van der Waals surface area contributed by atoms with Gasteiger partial charge in [-0.05, 0) is 41.3 Å². The van der Waals surface area contributed by atoms with Gasteiger partial charge in [0.05, 0.1) is 12.5 Å². The van der Waals surface area contributed by atoms with Crippen LogP contribution in [0, 0.1) is 5.92 Å². The number of thiophene rings is 1. The highest BCUT2D eigenvalue weighted by Gasteiger charge is 2.51. The molecular weight excluding hydrogens is 344 g/mol. The Bertz CT molecular complexity index is 547. The lowest BCUT2D eigenvalue weighted by Gasteiger charge is -2.23. The van der Waals surface area contributed by atoms with Crippen LogP contribution in [-0.4, -0.2) is 34.1 Å². The van der Waals surface area contributed by atoms with Gasteiger partial charge in [0.2, 0.25) is 0 Å². The molecule has 2 fully saturated rings. The van der Waals surface area contributed by atoms with E-state index in [1.54, 1.807) is 16.2 Å². The van der Waals surface area contributed by atoms with E-state index < -0.39 is 11.9 Å². The molecule has 2 N–H and O–H groups in total. The normalized spacial score (nSPS) is 27.9. The number of aliphatic carboxylic acids is 1. The quantitative estimate of drug-likeness (QED) is 0.872. The van der Waals surface area contributed by atoms with Crippen molar-refractivity contribution in [3.63, 3.8) is 0 Å². The van der Waals surface area contributed by atoms with Gasteiger partial charge in [-0.15, -0.1) is 11.3 Å². The van der Waals surface area contributed by atoms with Crippen molar-refractivity contribution in [2.24, 2.45) is 5.92 Å². The molecule has 3 heterocycles. The zero-order valence-corrected chi connectivity index (χ0v) is 13.1. The summed E-state index contributed by atoms with van der Waals surface area (Å²) in [5, 5.41) is 14.1. The molecule has 0 radical (unpaired) electrons. The summed E-state index contributed by atoms with van der Waals surface area (Å²) in [6.45, 7) is 0.489. The fourth-order valence-electron chi connectivity index (χ4n) is 3.27. The standard InChI is InChI=1S/C13H15BrN2O3S/c14-7-3-9(20-6-7)5-15-13(19)16-8-1-2-11(16)10(4-8)12(17)18/h3,6,8,10-11H,1-2,4-5H2,(H,15,19)(H,17,18). The monoisotopic (exact) mass is 358 g/mol. The maximum atomic E-state index is 12.3. The number of hydrogen-bond acceptors (Lipinski definition) is 3. The van der Waals surface area contributed by atoms with Crippen molar-refractivity contribution in [2.45, 2.75) is 37.9 Å². The molecule has 3 rings (SSSR count). The van der Waals surface area contributed by atoms with Crippen molar-refractivity contribution in [3.05, 3.63) is 20.8 Å². The van der Waals surface area contributed by atoms with Gasteiger partial charge in [-0.1, -0.05) is 0 Å². The predicted octanol–water partition coefficient (Wildman–Crippen LogP) is 2.66. The highest BCUT2D eigenvalue weighted by molar-refractivity contribution is 9.10. The number of carbonyl (C=O) groups is 2. The van der Waals surface area contributed by atoms with E-state index in [1.165, 1.54) is 0 Å². The molecule has 5 nitrogen and oxygen atoms in total. The van der Waals surface area contributed by atoms with Gasteiger partial charge in [0.1, 0.15) is 0 Å². The lowest BCUT2D eigenvalue weighted by Crippen LogP contribution is -2.43. The highest BCUT2D eigenvalue weighted by atomic mass is 79.9. The third-order valence-electron chi connectivity index (χ3n) is 4.12. The molecule has 2 saturated heterocycles. The van der Waals surface area contributed by atoms with Crippen LogP contribution >= 0.6 is 27.3 Å². The van der Waals surface area contributed by atoms with E-state index in [2.05, 4.69) is 21.2 Å². The van der Waals surface area contributed by atoms with Crippen molar-refractivity contribution >= 4 is 39.3 Å². The molecule has 3 atom stereocenters. The van der Waals surface area contributed by atoms with Gasteiger partial charge in [-0.2, -0.15) is 0 Å². The van der Waals surface area contributed by atoms with Crippen LogP contribution in [0.1, 0.15) is 24.1 Å². The lowest BCUT2D eigenvalue weighted by molar-refractivity contribution is -0.142. The number of hydrogen-bond donors (Lipinski definition) is 2. The number of fused-ring (bicyclic) bond motifs is 2. The highest BCUT2D eigenvalue weighted by Crippen LogP contribution is 2.41. The first-order valence-corrected chi connectivity index (χ1v) is 8.25. The number of carbonyl (C=O) groups excluding carboxylic acids is 1. The first-order valence-electron chi connectivity index (χ1n) is 6.58. The fraction of sp³-hybridized carbons (Fsp3) is 0.538. The van der Waals surface area contributed by atoms with Crippen molar-refractivity contribution in [2.75, 3.05) is 0 Å². The summed E-state index contributed by atoms with van der Waals surface area (Å²) in [6.07, 6.45) is 2.32. The van der Waals surface area contributed by atoms with Crippen molar-refractivity contribution < 1.29 is 14.7 Å². The topological polar surface area (TPSA) is 69.6 Å². The molecule has 0 spiro atoms. The number of rotatable bonds is 3. The largest absolute Gasteiger partial charge is 0.481 e. The molecule has 2 bridgehead atoms. The Morgan fingerprint density at radius 3 is 2.90 bits per heavy atom. The molecule has 20 heavy (non-hydrogen) atoms. The molecular formula is C13H15BrN2O3S. The third kappa shape index (κ3) is 2.44. The summed E-state index contributed by atoms with van der Waals surface area (Å²) in [5.74, 6) is -1.17. The van der Waals surface area contributed by atoms with Gasteiger partial charge in [-0.25, -0.2) is 4.79 Å². The number of urea groups is 1. The first-order chi connectivity index (χ1) is 9.56. The maximum absolute atomic E-state index is 12.3. The van der Waals surface area contributed by atoms with Crippen LogP contribution in [0.5, 0.6) is 0 Å². The Kier molecular flexibility index (Phi) is 3.72. The number of carboxylic acid groups (broad SMARTS) is 1. The van der Waals surface area contributed by atoms with Gasteiger partial charge in [-0.3, -0.25) is 4.79 Å². The number of amides is 2. The SMILES string of the molecule is O=C(O)C1CC2CCC1N2C(=O)NCc1cc(Br)cs1. The van der Waals surface area contributed by atoms with E-state index in [1.807, 2.05) is 11.4 Å². The Balaban J connectivity index is 1.62. The molecule has 2 amide bonds. The summed E-state index contributed by atoms with van der Waals surface area (Å²) in [5.41, 5.74) is 0. The van der Waals surface area contributed by atoms with Gasteiger partial charge >= 0.3 is 12.0 Å². The summed E-state index contributed by atoms with van der Waals surface area (Å²) in [4.78, 5) is 26.3. The molecule has 108 valence electrons. The summed E-state index contributed by atoms with van der Waals surface area (Å²) < 4.78 is 1.01. The van der Waals surface area contributed by atoms with Gasteiger partial charge in [0.15, 0.2) is 0 Å². The lowest BCUT2D eigenvalue weighted by atomic mass is 9.89. The Morgan fingerprint density at radius 1 is 1.50 bits per heavy atom. The number of nitrogens with one attached hydrogen (secondary N) is 1. The number of halogens is 1. The van der Waals surface area contributed by atoms with E-state index in [9.17, 15) is 14.7 Å². The van der Waals surface area contributed by atoms with Crippen molar-refractivity contribution in [1.82, 2.24) is 10.2 Å². The Labute approximate surface area is 129 Å². The average Bonchev–Trinajstić information content (AvgIpc) is 3.09. The molecule has 1 aromatic rings. The van der Waals surface area contributed by atoms with Gasteiger partial charge in [0, 0.05) is 26.8 Å². The van der Waals surface area contributed by atoms with Gasteiger partial charge < -0.3 is 15.3 Å². The van der Waals surface area contributed by atoms with Gasteiger partial charge in [0.25, 0.3) is 0 Å². The zero-order chi connectivity index (χ0) is 14.3. The van der Waals surface area contributed by atoms with Crippen LogP contribution in [0.25, 0.3) is 0 Å². The molecule has 2 aliphatic heterocycles. The smallest absolute Gasteiger partial charge is 0.318 e. The second-order valence-corrected chi connectivity index (χ2v) is 7.19.